The van der Waals surface area contributed by atoms with Crippen LogP contribution in [0.2, 0.25) is 5.02 Å². The molecule has 1 aliphatic rings. The zero-order valence-corrected chi connectivity index (χ0v) is 12.5. The van der Waals surface area contributed by atoms with Crippen molar-refractivity contribution in [1.82, 2.24) is 4.31 Å². The smallest absolute Gasteiger partial charge is 0.207 e. The van der Waals surface area contributed by atoms with E-state index < -0.39 is 10.0 Å². The molecule has 0 amide bonds. The van der Waals surface area contributed by atoms with Crippen molar-refractivity contribution < 1.29 is 8.42 Å². The van der Waals surface area contributed by atoms with E-state index in [1.807, 2.05) is 37.3 Å². The molecule has 0 spiro atoms. The molecule has 0 saturated carbocycles. The van der Waals surface area contributed by atoms with Gasteiger partial charge in [-0.05, 0) is 36.8 Å². The van der Waals surface area contributed by atoms with Gasteiger partial charge in [0.1, 0.15) is 0 Å². The number of sulfonamides is 1. The van der Waals surface area contributed by atoms with Crippen LogP contribution in [-0.2, 0) is 10.0 Å². The summed E-state index contributed by atoms with van der Waals surface area (Å²) in [6.45, 7) is 2.44. The molecular formula is C15H14ClNO2S. The highest BCUT2D eigenvalue weighted by atomic mass is 35.5. The van der Waals surface area contributed by atoms with Crippen LogP contribution in [-0.4, -0.2) is 19.3 Å². The van der Waals surface area contributed by atoms with Crippen LogP contribution < -0.4 is 0 Å². The Balaban J connectivity index is 1.86. The number of hydrogen-bond donors (Lipinski definition) is 0. The Morgan fingerprint density at radius 3 is 2.50 bits per heavy atom. The molecule has 1 saturated heterocycles. The number of rotatable bonds is 3. The van der Waals surface area contributed by atoms with Crippen LogP contribution in [0.4, 0.5) is 0 Å². The first-order valence-electron chi connectivity index (χ1n) is 6.32. The molecule has 2 aromatic carbocycles. The van der Waals surface area contributed by atoms with Gasteiger partial charge < -0.3 is 0 Å². The maximum atomic E-state index is 12.5. The van der Waals surface area contributed by atoms with E-state index in [1.54, 1.807) is 18.2 Å². The first-order chi connectivity index (χ1) is 9.48. The zero-order valence-electron chi connectivity index (χ0n) is 11.0. The van der Waals surface area contributed by atoms with E-state index in [1.165, 1.54) is 4.31 Å². The molecule has 3 nitrogen and oxygen atoms in total. The lowest BCUT2D eigenvalue weighted by atomic mass is 10.2. The fraction of sp³-hybridized carbons (Fsp3) is 0.200. The van der Waals surface area contributed by atoms with E-state index >= 15 is 0 Å². The van der Waals surface area contributed by atoms with Gasteiger partial charge in [0.2, 0.25) is 10.0 Å². The van der Waals surface area contributed by atoms with Crippen molar-refractivity contribution in [2.24, 2.45) is 0 Å². The molecule has 104 valence electrons. The lowest BCUT2D eigenvalue weighted by molar-refractivity contribution is 0.554. The average molecular weight is 308 g/mol. The van der Waals surface area contributed by atoms with E-state index in [2.05, 4.69) is 0 Å². The van der Waals surface area contributed by atoms with Crippen LogP contribution in [0, 0.1) is 6.92 Å². The van der Waals surface area contributed by atoms with Crippen molar-refractivity contribution in [1.29, 1.82) is 0 Å². The molecule has 2 aromatic rings. The molecule has 5 heteroatoms. The van der Waals surface area contributed by atoms with E-state index in [0.29, 0.717) is 16.5 Å². The largest absolute Gasteiger partial charge is 0.243 e. The van der Waals surface area contributed by atoms with E-state index in [4.69, 9.17) is 11.6 Å². The molecule has 1 fully saturated rings. The molecule has 20 heavy (non-hydrogen) atoms. The fourth-order valence-corrected chi connectivity index (χ4v) is 3.96. The van der Waals surface area contributed by atoms with Crippen LogP contribution in [0.3, 0.4) is 0 Å². The van der Waals surface area contributed by atoms with Gasteiger partial charge in [-0.25, -0.2) is 8.42 Å². The first kappa shape index (κ1) is 13.6. The third kappa shape index (κ3) is 2.46. The molecule has 0 bridgehead atoms. The van der Waals surface area contributed by atoms with E-state index in [9.17, 15) is 8.42 Å². The lowest BCUT2D eigenvalue weighted by Gasteiger charge is -2.07. The normalized spacial score (nSPS) is 21.7. The molecule has 1 unspecified atom stereocenters. The summed E-state index contributed by atoms with van der Waals surface area (Å²) < 4.78 is 26.4. The van der Waals surface area contributed by atoms with Gasteiger partial charge in [0.05, 0.1) is 10.9 Å². The second kappa shape index (κ2) is 4.88. The van der Waals surface area contributed by atoms with E-state index in [0.717, 1.165) is 11.1 Å². The van der Waals surface area contributed by atoms with Gasteiger partial charge in [-0.15, -0.1) is 0 Å². The summed E-state index contributed by atoms with van der Waals surface area (Å²) in [4.78, 5) is 0.340. The quantitative estimate of drug-likeness (QED) is 0.815. The number of halogens is 1. The Bertz CT molecular complexity index is 741. The maximum Gasteiger partial charge on any atom is 0.243 e. The van der Waals surface area contributed by atoms with Gasteiger partial charge >= 0.3 is 0 Å². The predicted octanol–water partition coefficient (Wildman–Crippen LogP) is 3.39. The minimum absolute atomic E-state index is 0.0972. The Hall–Kier alpha value is -1.36. The molecule has 1 aliphatic heterocycles. The summed E-state index contributed by atoms with van der Waals surface area (Å²) in [5.74, 6) is 0. The number of hydrogen-bond acceptors (Lipinski definition) is 2. The van der Waals surface area contributed by atoms with Crippen molar-refractivity contribution >= 4 is 21.6 Å². The Kier molecular flexibility index (Phi) is 3.32. The highest BCUT2D eigenvalue weighted by Gasteiger charge is 2.45. The molecule has 3 rings (SSSR count). The van der Waals surface area contributed by atoms with Crippen molar-refractivity contribution in [2.45, 2.75) is 17.9 Å². The van der Waals surface area contributed by atoms with Crippen LogP contribution >= 0.6 is 11.6 Å². The van der Waals surface area contributed by atoms with Crippen molar-refractivity contribution in [3.05, 3.63) is 64.7 Å². The van der Waals surface area contributed by atoms with Gasteiger partial charge in [-0.3, -0.25) is 0 Å². The molecule has 1 heterocycles. The average Bonchev–Trinajstić information content (AvgIpc) is 3.20. The molecular weight excluding hydrogens is 294 g/mol. The minimum Gasteiger partial charge on any atom is -0.207 e. The summed E-state index contributed by atoms with van der Waals surface area (Å²) in [6, 6.07) is 14.2. The van der Waals surface area contributed by atoms with Crippen molar-refractivity contribution in [2.75, 3.05) is 6.54 Å². The molecule has 0 radical (unpaired) electrons. The lowest BCUT2D eigenvalue weighted by Crippen LogP contribution is -2.12. The molecule has 0 aliphatic carbocycles. The first-order valence-corrected chi connectivity index (χ1v) is 8.14. The minimum atomic E-state index is -3.40. The summed E-state index contributed by atoms with van der Waals surface area (Å²) in [5, 5.41) is 0.627. The summed E-state index contributed by atoms with van der Waals surface area (Å²) >= 11 is 5.95. The van der Waals surface area contributed by atoms with Gasteiger partial charge in [0, 0.05) is 11.6 Å². The number of benzene rings is 2. The summed E-state index contributed by atoms with van der Waals surface area (Å²) in [7, 11) is -3.40. The second-order valence-corrected chi connectivity index (χ2v) is 7.29. The van der Waals surface area contributed by atoms with Crippen LogP contribution in [0.1, 0.15) is 17.2 Å². The van der Waals surface area contributed by atoms with E-state index in [-0.39, 0.29) is 6.04 Å². The maximum absolute atomic E-state index is 12.5. The summed E-state index contributed by atoms with van der Waals surface area (Å²) in [5.41, 5.74) is 1.98. The predicted molar refractivity (Wildman–Crippen MR) is 79.3 cm³/mol. The summed E-state index contributed by atoms with van der Waals surface area (Å²) in [6.07, 6.45) is 0. The monoisotopic (exact) mass is 307 g/mol. The van der Waals surface area contributed by atoms with Crippen LogP contribution in [0.15, 0.2) is 53.4 Å². The molecule has 0 aromatic heterocycles. The Labute approximate surface area is 123 Å². The SMILES string of the molecule is Cc1ccc(S(=O)(=O)N2C[C@@H]2c2cccc(Cl)c2)cc1. The Morgan fingerprint density at radius 1 is 1.15 bits per heavy atom. The zero-order chi connectivity index (χ0) is 14.3. The number of aryl methyl sites for hydroxylation is 1. The van der Waals surface area contributed by atoms with Gasteiger partial charge in [-0.1, -0.05) is 41.4 Å². The van der Waals surface area contributed by atoms with Crippen LogP contribution in [0.25, 0.3) is 0 Å². The van der Waals surface area contributed by atoms with Gasteiger partial charge in [-0.2, -0.15) is 4.31 Å². The van der Waals surface area contributed by atoms with Crippen LogP contribution in [0.5, 0.6) is 0 Å². The molecule has 2 atom stereocenters. The highest BCUT2D eigenvalue weighted by molar-refractivity contribution is 7.89. The van der Waals surface area contributed by atoms with Gasteiger partial charge in [0.25, 0.3) is 0 Å². The standard InChI is InChI=1S/C15H14ClNO2S/c1-11-5-7-14(8-6-11)20(18,19)17-10-15(17)12-3-2-4-13(16)9-12/h2-9,15H,10H2,1H3/t15-,17?/m1/s1. The molecule has 0 N–H and O–H groups in total. The highest BCUT2D eigenvalue weighted by Crippen LogP contribution is 2.40. The third-order valence-electron chi connectivity index (χ3n) is 3.43. The fourth-order valence-electron chi connectivity index (χ4n) is 2.22. The van der Waals surface area contributed by atoms with Crippen molar-refractivity contribution in [3.63, 3.8) is 0 Å². The number of nitrogens with zero attached hydrogens (tertiary/aromatic N) is 1. The third-order valence-corrected chi connectivity index (χ3v) is 5.55. The topological polar surface area (TPSA) is 37.1 Å². The Morgan fingerprint density at radius 2 is 1.85 bits per heavy atom. The second-order valence-electron chi connectivity index (χ2n) is 4.96. The van der Waals surface area contributed by atoms with Crippen molar-refractivity contribution in [3.8, 4) is 0 Å². The van der Waals surface area contributed by atoms with Gasteiger partial charge in [0.15, 0.2) is 0 Å².